The van der Waals surface area contributed by atoms with E-state index in [9.17, 15) is 23.9 Å². The van der Waals surface area contributed by atoms with Crippen molar-refractivity contribution in [3.8, 4) is 0 Å². The van der Waals surface area contributed by atoms with Crippen LogP contribution >= 0.6 is 0 Å². The van der Waals surface area contributed by atoms with Crippen molar-refractivity contribution < 1.29 is 28.6 Å². The Morgan fingerprint density at radius 3 is 2.68 bits per heavy atom. The molecule has 0 fully saturated rings. The van der Waals surface area contributed by atoms with Crippen LogP contribution in [0.1, 0.15) is 38.3 Å². The molecule has 0 radical (unpaired) electrons. The third-order valence-corrected chi connectivity index (χ3v) is 4.50. The number of rotatable bonds is 2. The largest absolute Gasteiger partial charge is 0.477 e. The van der Waals surface area contributed by atoms with Gasteiger partial charge in [0.15, 0.2) is 0 Å². The summed E-state index contributed by atoms with van der Waals surface area (Å²) in [6, 6.07) is 2.10. The number of hydrogen-bond acceptors (Lipinski definition) is 5. The summed E-state index contributed by atoms with van der Waals surface area (Å²) in [5.74, 6) is -0.0495. The predicted molar refractivity (Wildman–Crippen MR) is 100 cm³/mol. The van der Waals surface area contributed by atoms with Crippen molar-refractivity contribution in [1.82, 2.24) is 5.32 Å². The smallest absolute Gasteiger partial charge is 0.407 e. The molecule has 1 atom stereocenters. The summed E-state index contributed by atoms with van der Waals surface area (Å²) < 4.78 is 19.4. The van der Waals surface area contributed by atoms with Gasteiger partial charge in [0.05, 0.1) is 17.3 Å². The molecule has 0 bridgehead atoms. The first kappa shape index (κ1) is 19.6. The SMILES string of the molecule is CC(C)(C)OC(=O)NC1CCc2cc(F)cc3c2N(C1)C(C(=O)O)=CC3=C=O. The third-order valence-electron chi connectivity index (χ3n) is 4.50. The van der Waals surface area contributed by atoms with E-state index in [0.717, 1.165) is 0 Å². The fourth-order valence-electron chi connectivity index (χ4n) is 3.47. The highest BCUT2D eigenvalue weighted by Gasteiger charge is 2.34. The van der Waals surface area contributed by atoms with Crippen molar-refractivity contribution in [1.29, 1.82) is 0 Å². The summed E-state index contributed by atoms with van der Waals surface area (Å²) in [5.41, 5.74) is 0.526. The minimum atomic E-state index is -1.23. The number of hydrogen-bond donors (Lipinski definition) is 2. The number of carbonyl (C=O) groups is 2. The molecule has 1 unspecified atom stereocenters. The number of aryl methyl sites for hydroxylation is 1. The number of nitrogens with one attached hydrogen (secondary N) is 1. The van der Waals surface area contributed by atoms with Gasteiger partial charge in [-0.1, -0.05) is 0 Å². The molecule has 3 rings (SSSR count). The molecule has 148 valence electrons. The molecule has 1 aromatic carbocycles. The van der Waals surface area contributed by atoms with E-state index < -0.39 is 29.5 Å². The van der Waals surface area contributed by atoms with Gasteiger partial charge in [0, 0.05) is 12.1 Å². The average Bonchev–Trinajstić information content (AvgIpc) is 2.73. The number of carboxylic acids is 1. The summed E-state index contributed by atoms with van der Waals surface area (Å²) in [7, 11) is 0. The number of anilines is 1. The summed E-state index contributed by atoms with van der Waals surface area (Å²) in [6.07, 6.45) is 1.42. The molecule has 28 heavy (non-hydrogen) atoms. The topological polar surface area (TPSA) is 95.9 Å². The first-order valence-electron chi connectivity index (χ1n) is 8.89. The van der Waals surface area contributed by atoms with Gasteiger partial charge < -0.3 is 20.1 Å². The molecule has 0 saturated heterocycles. The number of benzene rings is 1. The van der Waals surface area contributed by atoms with Crippen LogP contribution in [0.15, 0.2) is 23.9 Å². The molecule has 0 aliphatic carbocycles. The zero-order chi connectivity index (χ0) is 20.6. The summed E-state index contributed by atoms with van der Waals surface area (Å²) >= 11 is 0. The van der Waals surface area contributed by atoms with Gasteiger partial charge in [0.25, 0.3) is 0 Å². The quantitative estimate of drug-likeness (QED) is 0.757. The summed E-state index contributed by atoms with van der Waals surface area (Å²) in [4.78, 5) is 36.8. The van der Waals surface area contributed by atoms with E-state index in [0.29, 0.717) is 29.7 Å². The van der Waals surface area contributed by atoms with Gasteiger partial charge in [-0.2, -0.15) is 0 Å². The summed E-state index contributed by atoms with van der Waals surface area (Å²) in [6.45, 7) is 5.38. The Labute approximate surface area is 161 Å². The van der Waals surface area contributed by atoms with E-state index in [1.54, 1.807) is 26.7 Å². The highest BCUT2D eigenvalue weighted by molar-refractivity contribution is 6.07. The normalized spacial score (nSPS) is 18.4. The second kappa shape index (κ2) is 7.13. The number of carbonyl (C=O) groups excluding carboxylic acids is 2. The minimum Gasteiger partial charge on any atom is -0.477 e. The molecule has 2 aliphatic rings. The van der Waals surface area contributed by atoms with Crippen LogP contribution in [0, 0.1) is 5.82 Å². The fourth-order valence-corrected chi connectivity index (χ4v) is 3.47. The number of alkyl carbamates (subject to hydrolysis) is 1. The molecular weight excluding hydrogens is 367 g/mol. The van der Waals surface area contributed by atoms with Crippen LogP contribution in [0.4, 0.5) is 14.9 Å². The van der Waals surface area contributed by atoms with Gasteiger partial charge in [-0.05, 0) is 57.4 Å². The first-order valence-corrected chi connectivity index (χ1v) is 8.89. The Bertz CT molecular complexity index is 925. The molecule has 0 saturated carbocycles. The lowest BCUT2D eigenvalue weighted by atomic mass is 9.94. The molecule has 7 nitrogen and oxygen atoms in total. The van der Waals surface area contributed by atoms with Crippen molar-refractivity contribution in [2.45, 2.75) is 45.3 Å². The third kappa shape index (κ3) is 3.92. The van der Waals surface area contributed by atoms with Gasteiger partial charge in [0.1, 0.15) is 23.1 Å². The number of amides is 1. The average molecular weight is 388 g/mol. The highest BCUT2D eigenvalue weighted by atomic mass is 19.1. The molecule has 2 aliphatic heterocycles. The number of carboxylic acid groups (broad SMARTS) is 1. The summed E-state index contributed by atoms with van der Waals surface area (Å²) in [5, 5.41) is 12.4. The Morgan fingerprint density at radius 1 is 1.36 bits per heavy atom. The molecule has 0 spiro atoms. The molecule has 0 aromatic heterocycles. The monoisotopic (exact) mass is 388 g/mol. The van der Waals surface area contributed by atoms with E-state index in [-0.39, 0.29) is 17.8 Å². The predicted octanol–water partition coefficient (Wildman–Crippen LogP) is 2.67. The van der Waals surface area contributed by atoms with Crippen molar-refractivity contribution in [3.05, 3.63) is 40.8 Å². The van der Waals surface area contributed by atoms with Crippen molar-refractivity contribution in [3.63, 3.8) is 0 Å². The van der Waals surface area contributed by atoms with Crippen LogP contribution in [-0.4, -0.2) is 41.3 Å². The standard InChI is InChI=1S/C20H21FN2O5/c1-20(2,3)28-19(27)22-14-5-4-11-6-13(21)8-15-12(10-24)7-16(18(25)26)23(9-14)17(11)15/h6-8,14H,4-5,9H2,1-3H3,(H,22,27)(H,25,26). The van der Waals surface area contributed by atoms with Crippen LogP contribution in [0.2, 0.25) is 0 Å². The number of allylic oxidation sites excluding steroid dienone is 2. The Balaban J connectivity index is 2.00. The van der Waals surface area contributed by atoms with E-state index in [4.69, 9.17) is 4.74 Å². The lowest BCUT2D eigenvalue weighted by molar-refractivity contribution is -0.132. The van der Waals surface area contributed by atoms with Crippen molar-refractivity contribution in [2.75, 3.05) is 11.4 Å². The van der Waals surface area contributed by atoms with Gasteiger partial charge in [-0.15, -0.1) is 0 Å². The molecule has 8 heteroatoms. The minimum absolute atomic E-state index is 0.0112. The van der Waals surface area contributed by atoms with E-state index in [1.165, 1.54) is 23.1 Å². The number of halogens is 1. The first-order chi connectivity index (χ1) is 13.1. The van der Waals surface area contributed by atoms with E-state index >= 15 is 0 Å². The van der Waals surface area contributed by atoms with Crippen LogP contribution in [0.5, 0.6) is 0 Å². The number of nitrogens with zero attached hydrogens (tertiary/aromatic N) is 1. The molecular formula is C20H21FN2O5. The van der Waals surface area contributed by atoms with E-state index in [2.05, 4.69) is 5.32 Å². The van der Waals surface area contributed by atoms with E-state index in [1.807, 2.05) is 0 Å². The van der Waals surface area contributed by atoms with Gasteiger partial charge in [0.2, 0.25) is 0 Å². The zero-order valence-electron chi connectivity index (χ0n) is 15.8. The van der Waals surface area contributed by atoms with Crippen molar-refractivity contribution >= 4 is 29.3 Å². The second-order valence-electron chi connectivity index (χ2n) is 7.80. The Morgan fingerprint density at radius 2 is 2.07 bits per heavy atom. The van der Waals surface area contributed by atoms with Gasteiger partial charge in [-0.25, -0.2) is 18.8 Å². The van der Waals surface area contributed by atoms with Crippen LogP contribution in [0.25, 0.3) is 5.57 Å². The zero-order valence-corrected chi connectivity index (χ0v) is 15.8. The van der Waals surface area contributed by atoms with Gasteiger partial charge >= 0.3 is 12.1 Å². The lowest BCUT2D eigenvalue weighted by Gasteiger charge is -2.33. The fraction of sp³-hybridized carbons (Fsp3) is 0.400. The van der Waals surface area contributed by atoms with Crippen LogP contribution < -0.4 is 10.2 Å². The molecule has 1 amide bonds. The number of aliphatic carboxylic acids is 1. The highest BCUT2D eigenvalue weighted by Crippen LogP contribution is 2.40. The molecule has 2 N–H and O–H groups in total. The maximum atomic E-state index is 14.1. The molecule has 1 aromatic rings. The van der Waals surface area contributed by atoms with Crippen molar-refractivity contribution in [2.24, 2.45) is 0 Å². The molecule has 2 heterocycles. The lowest BCUT2D eigenvalue weighted by Crippen LogP contribution is -2.46. The maximum absolute atomic E-state index is 14.1. The maximum Gasteiger partial charge on any atom is 0.407 e. The Hall–Kier alpha value is -3.12. The van der Waals surface area contributed by atoms with Gasteiger partial charge in [-0.3, -0.25) is 0 Å². The second-order valence-corrected chi connectivity index (χ2v) is 7.80. The Kier molecular flexibility index (Phi) is 5.00. The van der Waals surface area contributed by atoms with Crippen LogP contribution in [-0.2, 0) is 20.7 Å². The van der Waals surface area contributed by atoms with Crippen LogP contribution in [0.3, 0.4) is 0 Å². The number of ether oxygens (including phenoxy) is 1.